The number of ketones is 1. The summed E-state index contributed by atoms with van der Waals surface area (Å²) in [6.07, 6.45) is 0.103. The maximum absolute atomic E-state index is 13.6. The molecule has 2 aromatic carbocycles. The van der Waals surface area contributed by atoms with Gasteiger partial charge in [-0.1, -0.05) is 36.4 Å². The lowest BCUT2D eigenvalue weighted by Gasteiger charge is -2.04. The van der Waals surface area contributed by atoms with E-state index in [9.17, 15) is 9.18 Å². The number of Topliss-reactive ketones (excluding diaryl/α,β-unsaturated/α-hetero) is 1. The highest BCUT2D eigenvalue weighted by Crippen LogP contribution is 2.14. The summed E-state index contributed by atoms with van der Waals surface area (Å²) in [6, 6.07) is 17.4. The molecule has 0 N–H and O–H groups in total. The van der Waals surface area contributed by atoms with Crippen molar-refractivity contribution < 1.29 is 9.18 Å². The van der Waals surface area contributed by atoms with Crippen LogP contribution in [0.3, 0.4) is 0 Å². The minimum Gasteiger partial charge on any atom is -0.294 e. The van der Waals surface area contributed by atoms with E-state index in [-0.39, 0.29) is 17.8 Å². The quantitative estimate of drug-likeness (QED) is 0.674. The van der Waals surface area contributed by atoms with E-state index < -0.39 is 5.82 Å². The number of rotatable bonds is 3. The number of pyridine rings is 1. The topological polar surface area (TPSA) is 30.0 Å². The number of halogens is 1. The molecule has 3 aromatic rings. The summed E-state index contributed by atoms with van der Waals surface area (Å²) in [7, 11) is 0. The van der Waals surface area contributed by atoms with Gasteiger partial charge in [-0.05, 0) is 24.3 Å². The van der Waals surface area contributed by atoms with Gasteiger partial charge in [0.15, 0.2) is 5.78 Å². The third kappa shape index (κ3) is 2.43. The van der Waals surface area contributed by atoms with Crippen LogP contribution >= 0.6 is 0 Å². The zero-order valence-electron chi connectivity index (χ0n) is 10.7. The van der Waals surface area contributed by atoms with Gasteiger partial charge in [0.25, 0.3) is 0 Å². The van der Waals surface area contributed by atoms with Crippen LogP contribution in [0, 0.1) is 5.82 Å². The van der Waals surface area contributed by atoms with Crippen molar-refractivity contribution in [2.45, 2.75) is 6.42 Å². The Labute approximate surface area is 115 Å². The van der Waals surface area contributed by atoms with E-state index in [1.807, 2.05) is 30.3 Å². The van der Waals surface area contributed by atoms with Crippen molar-refractivity contribution in [3.63, 3.8) is 0 Å². The molecule has 0 amide bonds. The number of benzene rings is 2. The zero-order chi connectivity index (χ0) is 13.9. The first-order valence-corrected chi connectivity index (χ1v) is 6.36. The molecule has 0 radical (unpaired) electrons. The highest BCUT2D eigenvalue weighted by atomic mass is 19.1. The Balaban J connectivity index is 1.89. The molecule has 2 nitrogen and oxygen atoms in total. The van der Waals surface area contributed by atoms with Gasteiger partial charge in [-0.15, -0.1) is 0 Å². The molecule has 0 aliphatic rings. The molecule has 0 atom stereocenters. The number of fused-ring (bicyclic) bond motifs is 1. The third-order valence-corrected chi connectivity index (χ3v) is 3.17. The normalized spacial score (nSPS) is 10.7. The number of carbonyl (C=O) groups is 1. The van der Waals surface area contributed by atoms with Crippen LogP contribution in [-0.2, 0) is 6.42 Å². The Morgan fingerprint density at radius 1 is 0.950 bits per heavy atom. The Morgan fingerprint density at radius 2 is 1.70 bits per heavy atom. The Hall–Kier alpha value is -2.55. The molecule has 1 aromatic heterocycles. The van der Waals surface area contributed by atoms with E-state index in [1.165, 1.54) is 12.1 Å². The predicted octanol–water partition coefficient (Wildman–Crippen LogP) is 3.80. The zero-order valence-corrected chi connectivity index (χ0v) is 10.7. The van der Waals surface area contributed by atoms with Gasteiger partial charge in [0, 0.05) is 11.1 Å². The molecule has 0 saturated carbocycles. The fourth-order valence-electron chi connectivity index (χ4n) is 2.15. The van der Waals surface area contributed by atoms with Crippen LogP contribution in [0.4, 0.5) is 4.39 Å². The summed E-state index contributed by atoms with van der Waals surface area (Å²) < 4.78 is 13.6. The molecule has 0 unspecified atom stereocenters. The average molecular weight is 265 g/mol. The molecular weight excluding hydrogens is 253 g/mol. The smallest absolute Gasteiger partial charge is 0.171 e. The molecule has 3 rings (SSSR count). The maximum Gasteiger partial charge on any atom is 0.171 e. The molecule has 0 fully saturated rings. The third-order valence-electron chi connectivity index (χ3n) is 3.17. The van der Waals surface area contributed by atoms with Crippen molar-refractivity contribution in [3.05, 3.63) is 77.7 Å². The van der Waals surface area contributed by atoms with Gasteiger partial charge in [-0.25, -0.2) is 4.39 Å². The Bertz CT molecular complexity index is 783. The summed E-state index contributed by atoms with van der Waals surface area (Å²) in [5.74, 6) is -0.746. The average Bonchev–Trinajstić information content (AvgIpc) is 2.47. The lowest BCUT2D eigenvalue weighted by atomic mass is 10.1. The monoisotopic (exact) mass is 265 g/mol. The fourth-order valence-corrected chi connectivity index (χ4v) is 2.15. The minimum absolute atomic E-state index is 0.103. The summed E-state index contributed by atoms with van der Waals surface area (Å²) in [6.45, 7) is 0. The summed E-state index contributed by atoms with van der Waals surface area (Å²) in [4.78, 5) is 16.5. The van der Waals surface area contributed by atoms with Gasteiger partial charge in [0.1, 0.15) is 5.82 Å². The summed E-state index contributed by atoms with van der Waals surface area (Å²) in [5.41, 5.74) is 1.60. The highest BCUT2D eigenvalue weighted by Gasteiger charge is 2.12. The Kier molecular flexibility index (Phi) is 3.25. The molecule has 98 valence electrons. The van der Waals surface area contributed by atoms with E-state index in [2.05, 4.69) is 4.98 Å². The van der Waals surface area contributed by atoms with Crippen molar-refractivity contribution in [1.82, 2.24) is 4.98 Å². The second-order valence-corrected chi connectivity index (χ2v) is 4.58. The van der Waals surface area contributed by atoms with Gasteiger partial charge >= 0.3 is 0 Å². The second-order valence-electron chi connectivity index (χ2n) is 4.58. The van der Waals surface area contributed by atoms with Crippen LogP contribution in [0.2, 0.25) is 0 Å². The van der Waals surface area contributed by atoms with Gasteiger partial charge < -0.3 is 0 Å². The van der Waals surface area contributed by atoms with Crippen molar-refractivity contribution in [3.8, 4) is 0 Å². The Morgan fingerprint density at radius 3 is 2.55 bits per heavy atom. The molecule has 3 heteroatoms. The van der Waals surface area contributed by atoms with Crippen molar-refractivity contribution in [2.75, 3.05) is 0 Å². The number of hydrogen-bond acceptors (Lipinski definition) is 2. The van der Waals surface area contributed by atoms with Crippen LogP contribution in [0.15, 0.2) is 60.7 Å². The summed E-state index contributed by atoms with van der Waals surface area (Å²) in [5, 5.41) is 1.02. The predicted molar refractivity (Wildman–Crippen MR) is 76.2 cm³/mol. The van der Waals surface area contributed by atoms with Gasteiger partial charge in [0.2, 0.25) is 0 Å². The van der Waals surface area contributed by atoms with Crippen molar-refractivity contribution in [2.24, 2.45) is 0 Å². The number of nitrogens with zero attached hydrogens (tertiary/aromatic N) is 1. The molecule has 20 heavy (non-hydrogen) atoms. The molecule has 1 heterocycles. The second kappa shape index (κ2) is 5.21. The van der Waals surface area contributed by atoms with E-state index >= 15 is 0 Å². The maximum atomic E-state index is 13.6. The molecule has 0 spiro atoms. The van der Waals surface area contributed by atoms with Gasteiger partial charge in [-0.2, -0.15) is 0 Å². The van der Waals surface area contributed by atoms with E-state index in [4.69, 9.17) is 0 Å². The van der Waals surface area contributed by atoms with Crippen LogP contribution in [-0.4, -0.2) is 10.8 Å². The number of para-hydroxylation sites is 1. The number of hydrogen-bond donors (Lipinski definition) is 0. The summed E-state index contributed by atoms with van der Waals surface area (Å²) >= 11 is 0. The standard InChI is InChI=1S/C17H12FNO/c18-15-7-3-2-6-14(15)17(20)11-13-10-9-12-5-1-4-8-16(12)19-13/h1-10H,11H2. The first-order valence-electron chi connectivity index (χ1n) is 6.36. The molecular formula is C17H12FNO. The van der Waals surface area contributed by atoms with Crippen molar-refractivity contribution in [1.29, 1.82) is 0 Å². The van der Waals surface area contributed by atoms with E-state index in [0.29, 0.717) is 5.69 Å². The van der Waals surface area contributed by atoms with Gasteiger partial charge in [0.05, 0.1) is 17.5 Å². The van der Waals surface area contributed by atoms with Gasteiger partial charge in [-0.3, -0.25) is 9.78 Å². The highest BCUT2D eigenvalue weighted by molar-refractivity contribution is 5.97. The first-order chi connectivity index (χ1) is 9.74. The van der Waals surface area contributed by atoms with E-state index in [1.54, 1.807) is 18.2 Å². The van der Waals surface area contributed by atoms with Crippen molar-refractivity contribution >= 4 is 16.7 Å². The van der Waals surface area contributed by atoms with Crippen LogP contribution in [0.5, 0.6) is 0 Å². The molecule has 0 saturated heterocycles. The fraction of sp³-hybridized carbons (Fsp3) is 0.0588. The van der Waals surface area contributed by atoms with Crippen LogP contribution < -0.4 is 0 Å². The largest absolute Gasteiger partial charge is 0.294 e. The molecule has 0 bridgehead atoms. The van der Waals surface area contributed by atoms with Crippen LogP contribution in [0.1, 0.15) is 16.1 Å². The number of aromatic nitrogens is 1. The lowest BCUT2D eigenvalue weighted by Crippen LogP contribution is -2.07. The molecule has 0 aliphatic heterocycles. The SMILES string of the molecule is O=C(Cc1ccc2ccccc2n1)c1ccccc1F. The van der Waals surface area contributed by atoms with E-state index in [0.717, 1.165) is 10.9 Å². The first kappa shape index (κ1) is 12.5. The number of carbonyl (C=O) groups excluding carboxylic acids is 1. The lowest BCUT2D eigenvalue weighted by molar-refractivity contribution is 0.0988. The van der Waals surface area contributed by atoms with Crippen LogP contribution in [0.25, 0.3) is 10.9 Å². The molecule has 0 aliphatic carbocycles. The minimum atomic E-state index is -0.488.